The minimum Gasteiger partial charge on any atom is -0.480 e. The van der Waals surface area contributed by atoms with Crippen LogP contribution in [0.2, 0.25) is 0 Å². The summed E-state index contributed by atoms with van der Waals surface area (Å²) in [6, 6.07) is 3.64. The highest BCUT2D eigenvalue weighted by Gasteiger charge is 2.39. The highest BCUT2D eigenvalue weighted by Crippen LogP contribution is 2.31. The van der Waals surface area contributed by atoms with Gasteiger partial charge in [-0.2, -0.15) is 0 Å². The summed E-state index contributed by atoms with van der Waals surface area (Å²) >= 11 is 0. The third-order valence-corrected chi connectivity index (χ3v) is 3.84. The summed E-state index contributed by atoms with van der Waals surface area (Å²) in [5.74, 6) is -0.559. The molecule has 2 N–H and O–H groups in total. The van der Waals surface area contributed by atoms with Gasteiger partial charge in [0.05, 0.1) is 0 Å². The third kappa shape index (κ3) is 2.11. The summed E-state index contributed by atoms with van der Waals surface area (Å²) in [4.78, 5) is 25.2. The zero-order chi connectivity index (χ0) is 14.3. The molecule has 0 aromatic heterocycles. The van der Waals surface area contributed by atoms with E-state index in [1.54, 1.807) is 0 Å². The van der Waals surface area contributed by atoms with E-state index in [0.29, 0.717) is 30.7 Å². The average molecular weight is 278 g/mol. The molecule has 2 aliphatic rings. The zero-order valence-corrected chi connectivity index (χ0v) is 10.8. The molecule has 1 aromatic carbocycles. The molecule has 1 fully saturated rings. The first kappa shape index (κ1) is 12.9. The maximum Gasteiger partial charge on any atom is 0.264 e. The van der Waals surface area contributed by atoms with Crippen molar-refractivity contribution in [3.05, 3.63) is 29.6 Å². The number of nitrogens with zero attached hydrogens (tertiary/aromatic N) is 1. The molecule has 2 amide bonds. The van der Waals surface area contributed by atoms with Crippen molar-refractivity contribution >= 4 is 11.8 Å². The van der Waals surface area contributed by atoms with Crippen LogP contribution in [0.25, 0.3) is 0 Å². The summed E-state index contributed by atoms with van der Waals surface area (Å²) in [6.07, 6.45) is 0.989. The fourth-order valence-electron chi connectivity index (χ4n) is 2.87. The Morgan fingerprint density at radius 1 is 1.40 bits per heavy atom. The molecule has 0 saturated carbocycles. The second kappa shape index (κ2) is 4.77. The molecule has 106 valence electrons. The molecule has 6 heteroatoms. The molecule has 1 unspecified atom stereocenters. The number of halogens is 1. The van der Waals surface area contributed by atoms with Gasteiger partial charge in [0.15, 0.2) is 6.10 Å². The second-order valence-electron chi connectivity index (χ2n) is 5.15. The Bertz CT molecular complexity index is 576. The highest BCUT2D eigenvalue weighted by molar-refractivity contribution is 5.89. The smallest absolute Gasteiger partial charge is 0.264 e. The molecule has 2 aliphatic heterocycles. The first-order valence-electron chi connectivity index (χ1n) is 6.61. The molecule has 3 rings (SSSR count). The van der Waals surface area contributed by atoms with Crippen molar-refractivity contribution in [2.24, 2.45) is 5.73 Å². The van der Waals surface area contributed by atoms with E-state index in [1.165, 1.54) is 23.1 Å². The van der Waals surface area contributed by atoms with Crippen LogP contribution in [0.1, 0.15) is 18.4 Å². The van der Waals surface area contributed by atoms with Gasteiger partial charge in [0.1, 0.15) is 17.6 Å². The topological polar surface area (TPSA) is 72.6 Å². The van der Waals surface area contributed by atoms with Crippen molar-refractivity contribution in [3.8, 4) is 5.75 Å². The Morgan fingerprint density at radius 3 is 2.95 bits per heavy atom. The Morgan fingerprint density at radius 2 is 2.20 bits per heavy atom. The van der Waals surface area contributed by atoms with Gasteiger partial charge in [-0.3, -0.25) is 9.59 Å². The lowest BCUT2D eigenvalue weighted by Gasteiger charge is -2.24. The Labute approximate surface area is 115 Å². The van der Waals surface area contributed by atoms with E-state index in [0.717, 1.165) is 6.42 Å². The van der Waals surface area contributed by atoms with Gasteiger partial charge < -0.3 is 15.4 Å². The van der Waals surface area contributed by atoms with Gasteiger partial charge in [0.2, 0.25) is 5.91 Å². The van der Waals surface area contributed by atoms with Gasteiger partial charge >= 0.3 is 0 Å². The first-order chi connectivity index (χ1) is 9.56. The van der Waals surface area contributed by atoms with Crippen molar-refractivity contribution in [2.75, 3.05) is 6.54 Å². The quantitative estimate of drug-likeness (QED) is 0.861. The van der Waals surface area contributed by atoms with E-state index < -0.39 is 18.1 Å². The van der Waals surface area contributed by atoms with Gasteiger partial charge in [-0.05, 0) is 31.0 Å². The molecule has 0 spiro atoms. The van der Waals surface area contributed by atoms with Crippen molar-refractivity contribution in [1.82, 2.24) is 4.90 Å². The maximum absolute atomic E-state index is 13.1. The first-order valence-corrected chi connectivity index (χ1v) is 6.61. The van der Waals surface area contributed by atoms with Crippen LogP contribution in [-0.4, -0.2) is 35.4 Å². The number of primary amides is 1. The fraction of sp³-hybridized carbons (Fsp3) is 0.429. The lowest BCUT2D eigenvalue weighted by atomic mass is 10.1. The molecule has 5 nitrogen and oxygen atoms in total. The Balaban J connectivity index is 1.75. The van der Waals surface area contributed by atoms with Crippen molar-refractivity contribution < 1.29 is 18.7 Å². The van der Waals surface area contributed by atoms with E-state index in [9.17, 15) is 14.0 Å². The SMILES string of the molecule is NC(=O)[C@@H]1CCCN1C(=O)C1Cc2cc(F)ccc2O1. The molecule has 0 bridgehead atoms. The summed E-state index contributed by atoms with van der Waals surface area (Å²) in [5, 5.41) is 0. The number of carbonyl (C=O) groups excluding carboxylic acids is 2. The van der Waals surface area contributed by atoms with Gasteiger partial charge in [0, 0.05) is 18.5 Å². The summed E-state index contributed by atoms with van der Waals surface area (Å²) in [6.45, 7) is 0.511. The zero-order valence-electron chi connectivity index (χ0n) is 10.8. The van der Waals surface area contributed by atoms with Crippen LogP contribution in [0.15, 0.2) is 18.2 Å². The number of benzene rings is 1. The Hall–Kier alpha value is -2.11. The van der Waals surface area contributed by atoms with E-state index in [1.807, 2.05) is 0 Å². The van der Waals surface area contributed by atoms with Crippen molar-refractivity contribution in [2.45, 2.75) is 31.4 Å². The van der Waals surface area contributed by atoms with E-state index in [-0.39, 0.29) is 11.7 Å². The van der Waals surface area contributed by atoms with Crippen LogP contribution in [0, 0.1) is 5.82 Å². The average Bonchev–Trinajstić information content (AvgIpc) is 3.03. The molecule has 0 radical (unpaired) electrons. The lowest BCUT2D eigenvalue weighted by Crippen LogP contribution is -2.48. The number of nitrogens with two attached hydrogens (primary N) is 1. The summed E-state index contributed by atoms with van der Waals surface area (Å²) in [5.41, 5.74) is 5.98. The number of rotatable bonds is 2. The van der Waals surface area contributed by atoms with E-state index in [4.69, 9.17) is 10.5 Å². The molecule has 1 saturated heterocycles. The monoisotopic (exact) mass is 278 g/mol. The standard InChI is InChI=1S/C14H15FN2O3/c15-9-3-4-11-8(6-9)7-12(20-11)14(19)17-5-1-2-10(17)13(16)18/h3-4,6,10,12H,1-2,5,7H2,(H2,16,18)/t10-,12?/m0/s1. The predicted octanol–water partition coefficient (Wildman–Crippen LogP) is 0.605. The van der Waals surface area contributed by atoms with Crippen LogP contribution in [0.3, 0.4) is 0 Å². The highest BCUT2D eigenvalue weighted by atomic mass is 19.1. The van der Waals surface area contributed by atoms with Gasteiger partial charge in [0.25, 0.3) is 5.91 Å². The van der Waals surface area contributed by atoms with Gasteiger partial charge in [-0.15, -0.1) is 0 Å². The van der Waals surface area contributed by atoms with Crippen LogP contribution >= 0.6 is 0 Å². The Kier molecular flexibility index (Phi) is 3.08. The van der Waals surface area contributed by atoms with Gasteiger partial charge in [-0.25, -0.2) is 4.39 Å². The lowest BCUT2D eigenvalue weighted by molar-refractivity contribution is -0.142. The molecule has 2 heterocycles. The minimum atomic E-state index is -0.688. The normalized spacial score (nSPS) is 24.4. The van der Waals surface area contributed by atoms with Crippen LogP contribution in [0.4, 0.5) is 4.39 Å². The van der Waals surface area contributed by atoms with Crippen LogP contribution < -0.4 is 10.5 Å². The van der Waals surface area contributed by atoms with Crippen molar-refractivity contribution in [1.29, 1.82) is 0 Å². The number of carbonyl (C=O) groups is 2. The summed E-state index contributed by atoms with van der Waals surface area (Å²) < 4.78 is 18.7. The largest absolute Gasteiger partial charge is 0.480 e. The summed E-state index contributed by atoms with van der Waals surface area (Å²) in [7, 11) is 0. The predicted molar refractivity (Wildman–Crippen MR) is 68.4 cm³/mol. The number of amides is 2. The molecular formula is C14H15FN2O3. The number of fused-ring (bicyclic) bond motifs is 1. The number of ether oxygens (including phenoxy) is 1. The maximum atomic E-state index is 13.1. The van der Waals surface area contributed by atoms with Gasteiger partial charge in [-0.1, -0.05) is 0 Å². The fourth-order valence-corrected chi connectivity index (χ4v) is 2.87. The number of hydrogen-bond donors (Lipinski definition) is 1. The molecule has 0 aliphatic carbocycles. The van der Waals surface area contributed by atoms with E-state index in [2.05, 4.69) is 0 Å². The second-order valence-corrected chi connectivity index (χ2v) is 5.15. The molecule has 2 atom stereocenters. The third-order valence-electron chi connectivity index (χ3n) is 3.84. The molecule has 20 heavy (non-hydrogen) atoms. The van der Waals surface area contributed by atoms with Crippen LogP contribution in [-0.2, 0) is 16.0 Å². The van der Waals surface area contributed by atoms with E-state index >= 15 is 0 Å². The number of likely N-dealkylation sites (tertiary alicyclic amines) is 1. The van der Waals surface area contributed by atoms with Crippen LogP contribution in [0.5, 0.6) is 5.75 Å². The minimum absolute atomic E-state index is 0.247. The molecule has 1 aromatic rings. The molecular weight excluding hydrogens is 263 g/mol. The number of hydrogen-bond acceptors (Lipinski definition) is 3. The van der Waals surface area contributed by atoms with Crippen molar-refractivity contribution in [3.63, 3.8) is 0 Å².